The van der Waals surface area contributed by atoms with Crippen LogP contribution < -0.4 is 0 Å². The van der Waals surface area contributed by atoms with Crippen molar-refractivity contribution in [3.8, 4) is 144 Å². The van der Waals surface area contributed by atoms with Crippen molar-refractivity contribution in [1.29, 1.82) is 0 Å². The molecule has 0 amide bonds. The van der Waals surface area contributed by atoms with Gasteiger partial charge in [-0.3, -0.25) is 0 Å². The summed E-state index contributed by atoms with van der Waals surface area (Å²) in [5.74, 6) is 0. The molecule has 23 aromatic rings. The first kappa shape index (κ1) is 81.3. The van der Waals surface area contributed by atoms with Crippen LogP contribution in [0.4, 0.5) is 0 Å². The quantitative estimate of drug-likeness (QED) is 0.145. The summed E-state index contributed by atoms with van der Waals surface area (Å²) in [6, 6.07) is 150. The number of hydrogen-bond donors (Lipinski definition) is 0. The fourth-order valence-electron chi connectivity index (χ4n) is 25.2. The van der Waals surface area contributed by atoms with Gasteiger partial charge in [0, 0.05) is 27.2 Å². The highest BCUT2D eigenvalue weighted by Crippen LogP contribution is 2.62. The Bertz CT molecular complexity index is 9070. The van der Waals surface area contributed by atoms with Gasteiger partial charge in [0.15, 0.2) is 0 Å². The highest BCUT2D eigenvalue weighted by Gasteiger charge is 2.42. The van der Waals surface area contributed by atoms with E-state index in [9.17, 15) is 0 Å². The van der Waals surface area contributed by atoms with Crippen LogP contribution in [-0.4, -0.2) is 4.98 Å². The van der Waals surface area contributed by atoms with Crippen molar-refractivity contribution in [3.05, 3.63) is 462 Å². The van der Waals surface area contributed by atoms with Gasteiger partial charge in [0.2, 0.25) is 0 Å². The minimum absolute atomic E-state index is 0.00663. The average molecular weight is 1760 g/mol. The molecule has 0 radical (unpaired) electrons. The molecule has 0 unspecified atom stereocenters. The Morgan fingerprint density at radius 3 is 0.926 bits per heavy atom. The van der Waals surface area contributed by atoms with Crippen molar-refractivity contribution in [2.45, 2.75) is 97.8 Å². The number of para-hydroxylation sites is 1. The van der Waals surface area contributed by atoms with Gasteiger partial charge in [0.05, 0.1) is 10.2 Å². The number of hydrogen-bond acceptors (Lipinski definition) is 2. The number of aryl methyl sites for hydroxylation is 3. The summed E-state index contributed by atoms with van der Waals surface area (Å²) in [5.41, 5.74) is 49.2. The standard InChI is InChI=1S/C46H32.C45H36.C43H31NS/c1-27-22-23-36-39(26-27)44(38-19-11-21-41-45(38)37-16-8-9-20-40(37)46(41,2)3)32-15-7-6-14-31(32)43(36)35-25-24-34-29-13-5-4-12-28(29)30-17-10-18-33(35)42(30)34;1-27-21-23-32-36(25-27)42(34-17-12-20-40-43(34)33-16-9-11-19-38(33)45(40,4)5)31-15-7-6-14-30(31)41(32)28-22-24-39-35(26-28)29-13-8-10-18-37(29)44(39,2)3;1-26-19-24-31-34(25-26)40(33-14-10-16-36-41(33)32-13-6-7-15-35(32)43(36,2)3)30-12-5-4-11-29(30)39(31)27-20-22-28(23-21-27)42-44-37-17-8-9-18-38(37)45-42/h4-26H,1-3H3;6-26H,1-5H3;4-25H,1-3H3. The zero-order valence-electron chi connectivity index (χ0n) is 78.5. The number of fused-ring (bicyclic) bond motifs is 22. The Morgan fingerprint density at radius 2 is 0.471 bits per heavy atom. The number of aromatic nitrogens is 1. The first-order chi connectivity index (χ1) is 66.3. The lowest BCUT2D eigenvalue weighted by Gasteiger charge is -2.23. The highest BCUT2D eigenvalue weighted by atomic mass is 32.1. The minimum atomic E-state index is -0.0500. The summed E-state index contributed by atoms with van der Waals surface area (Å²) >= 11 is 1.75. The molecule has 22 aromatic carbocycles. The van der Waals surface area contributed by atoms with E-state index in [1.54, 1.807) is 11.3 Å². The van der Waals surface area contributed by atoms with Gasteiger partial charge in [-0.25, -0.2) is 4.98 Å². The summed E-state index contributed by atoms with van der Waals surface area (Å²) in [7, 11) is 0. The summed E-state index contributed by atoms with van der Waals surface area (Å²) in [6.45, 7) is 25.6. The molecule has 0 saturated heterocycles. The molecule has 136 heavy (non-hydrogen) atoms. The van der Waals surface area contributed by atoms with Crippen LogP contribution in [0, 0.1) is 20.8 Å². The van der Waals surface area contributed by atoms with Crippen LogP contribution in [0.1, 0.15) is 117 Å². The van der Waals surface area contributed by atoms with E-state index in [2.05, 4.69) is 477 Å². The molecule has 0 atom stereocenters. The number of benzene rings is 22. The van der Waals surface area contributed by atoms with Crippen LogP contribution in [0.3, 0.4) is 0 Å². The number of rotatable bonds is 7. The van der Waals surface area contributed by atoms with E-state index in [1.807, 2.05) is 0 Å². The van der Waals surface area contributed by atoms with Gasteiger partial charge >= 0.3 is 0 Å². The molecular weight excluding hydrogens is 1660 g/mol. The molecule has 28 rings (SSSR count). The fourth-order valence-corrected chi connectivity index (χ4v) is 26.2. The zero-order valence-corrected chi connectivity index (χ0v) is 79.3. The largest absolute Gasteiger partial charge is 0.236 e. The Morgan fingerprint density at radius 1 is 0.176 bits per heavy atom. The Balaban J connectivity index is 0.000000106. The van der Waals surface area contributed by atoms with Gasteiger partial charge in [0.25, 0.3) is 0 Å². The maximum absolute atomic E-state index is 4.91. The van der Waals surface area contributed by atoms with E-state index in [0.717, 1.165) is 16.1 Å². The van der Waals surface area contributed by atoms with E-state index in [0.29, 0.717) is 0 Å². The predicted molar refractivity (Wildman–Crippen MR) is 582 cm³/mol. The SMILES string of the molecule is Cc1ccc2c(-c3ccc(-c4nc5ccccc5s4)cc3)c3ccccc3c(-c3cccc4c3-c3ccccc3C4(C)C)c2c1.Cc1ccc2c(-c3ccc4c(c3)-c3ccccc3C4(C)C)c3ccccc3c(-c3cccc4c3-c3ccccc3C4(C)C)c2c1.Cc1ccc2c(-c3ccc4c5c(cccc35)-c3ccccc3-4)c3ccccc3c(-c3cccc4c3-c3ccccc3C4(C)C)c2c1. The molecule has 5 aliphatic carbocycles. The molecule has 0 fully saturated rings. The van der Waals surface area contributed by atoms with Gasteiger partial charge < -0.3 is 0 Å². The topological polar surface area (TPSA) is 12.9 Å². The smallest absolute Gasteiger partial charge is 0.124 e. The molecule has 1 aromatic heterocycles. The van der Waals surface area contributed by atoms with E-state index >= 15 is 0 Å². The molecule has 0 spiro atoms. The minimum Gasteiger partial charge on any atom is -0.236 e. The van der Waals surface area contributed by atoms with Crippen LogP contribution in [0.2, 0.25) is 0 Å². The highest BCUT2D eigenvalue weighted by molar-refractivity contribution is 7.21. The van der Waals surface area contributed by atoms with Crippen molar-refractivity contribution >= 4 is 97.0 Å². The lowest BCUT2D eigenvalue weighted by Crippen LogP contribution is -2.14. The summed E-state index contributed by atoms with van der Waals surface area (Å²) < 4.78 is 1.22. The normalized spacial score (nSPS) is 14.1. The zero-order chi connectivity index (χ0) is 91.7. The third-order valence-electron chi connectivity index (χ3n) is 31.6. The van der Waals surface area contributed by atoms with Crippen molar-refractivity contribution in [2.24, 2.45) is 0 Å². The lowest BCUT2D eigenvalue weighted by atomic mass is 9.80. The molecule has 0 bridgehead atoms. The third kappa shape index (κ3) is 11.9. The molecule has 646 valence electrons. The summed E-state index contributed by atoms with van der Waals surface area (Å²) in [4.78, 5) is 4.91. The van der Waals surface area contributed by atoms with Crippen molar-refractivity contribution in [2.75, 3.05) is 0 Å². The number of thiazole rings is 1. The number of nitrogens with zero attached hydrogens (tertiary/aromatic N) is 1. The molecule has 2 heteroatoms. The Hall–Kier alpha value is -15.5. The maximum Gasteiger partial charge on any atom is 0.124 e. The maximum atomic E-state index is 4.91. The predicted octanol–water partition coefficient (Wildman–Crippen LogP) is 37.2. The molecule has 5 aliphatic rings. The molecule has 1 nitrogen and oxygen atoms in total. The van der Waals surface area contributed by atoms with E-state index in [1.165, 1.54) is 275 Å². The van der Waals surface area contributed by atoms with Crippen molar-refractivity contribution in [3.63, 3.8) is 0 Å². The van der Waals surface area contributed by atoms with Gasteiger partial charge in [-0.05, 0) is 292 Å². The third-order valence-corrected chi connectivity index (χ3v) is 32.7. The Labute approximate surface area is 799 Å². The van der Waals surface area contributed by atoms with E-state index in [-0.39, 0.29) is 21.7 Å². The molecule has 0 aliphatic heterocycles. The second kappa shape index (κ2) is 30.3. The van der Waals surface area contributed by atoms with Crippen LogP contribution in [0.15, 0.2) is 400 Å². The van der Waals surface area contributed by atoms with Crippen LogP contribution in [-0.2, 0) is 21.7 Å². The first-order valence-corrected chi connectivity index (χ1v) is 49.0. The van der Waals surface area contributed by atoms with Gasteiger partial charge in [-0.2, -0.15) is 0 Å². The Kier molecular flexibility index (Phi) is 18.1. The molecule has 0 N–H and O–H groups in total. The second-order valence-corrected chi connectivity index (χ2v) is 41.7. The average Bonchev–Trinajstić information content (AvgIpc) is 1.63. The van der Waals surface area contributed by atoms with Gasteiger partial charge in [-0.15, -0.1) is 11.3 Å². The molecule has 0 saturated carbocycles. The van der Waals surface area contributed by atoms with E-state index < -0.39 is 0 Å². The van der Waals surface area contributed by atoms with Crippen molar-refractivity contribution in [1.82, 2.24) is 4.98 Å². The van der Waals surface area contributed by atoms with Gasteiger partial charge in [0.1, 0.15) is 5.01 Å². The fraction of sp³-hybridized carbons (Fsp3) is 0.112. The van der Waals surface area contributed by atoms with E-state index in [4.69, 9.17) is 4.98 Å². The summed E-state index contributed by atoms with van der Waals surface area (Å²) in [6.07, 6.45) is 0. The van der Waals surface area contributed by atoms with Crippen LogP contribution in [0.5, 0.6) is 0 Å². The molecular formula is C134H99NS. The van der Waals surface area contributed by atoms with Crippen LogP contribution >= 0.6 is 11.3 Å². The second-order valence-electron chi connectivity index (χ2n) is 40.7. The first-order valence-electron chi connectivity index (χ1n) is 48.2. The lowest BCUT2D eigenvalue weighted by molar-refractivity contribution is 0.660. The monoisotopic (exact) mass is 1750 g/mol. The van der Waals surface area contributed by atoms with Crippen LogP contribution in [0.25, 0.3) is 230 Å². The van der Waals surface area contributed by atoms with Crippen molar-refractivity contribution < 1.29 is 0 Å². The van der Waals surface area contributed by atoms with Gasteiger partial charge in [-0.1, -0.05) is 454 Å². The summed E-state index contributed by atoms with van der Waals surface area (Å²) in [5, 5.41) is 19.4. The molecule has 1 heterocycles.